The Labute approximate surface area is 144 Å². The molecule has 0 heterocycles. The summed E-state index contributed by atoms with van der Waals surface area (Å²) < 4.78 is 22.4. The second kappa shape index (κ2) is 8.72. The van der Waals surface area contributed by atoms with Gasteiger partial charge in [-0.1, -0.05) is 24.3 Å². The number of carbonyl (C=O) groups is 1. The lowest BCUT2D eigenvalue weighted by molar-refractivity contribution is -0.177. The minimum absolute atomic E-state index is 0.0387. The van der Waals surface area contributed by atoms with Crippen LogP contribution in [0.25, 0.3) is 0 Å². The highest BCUT2D eigenvalue weighted by molar-refractivity contribution is 6.05. The van der Waals surface area contributed by atoms with E-state index in [0.29, 0.717) is 32.8 Å². The van der Waals surface area contributed by atoms with Gasteiger partial charge >= 0.3 is 0 Å². The van der Waals surface area contributed by atoms with Gasteiger partial charge in [0.1, 0.15) is 0 Å². The number of Topliss-reactive ketones (excluding diaryl/α,β-unsaturated/α-hetero) is 1. The van der Waals surface area contributed by atoms with Gasteiger partial charge < -0.3 is 18.9 Å². The van der Waals surface area contributed by atoms with Crippen molar-refractivity contribution in [1.29, 1.82) is 0 Å². The van der Waals surface area contributed by atoms with Crippen LogP contribution in [-0.2, 0) is 30.2 Å². The summed E-state index contributed by atoms with van der Waals surface area (Å²) in [5.74, 6) is -1.21. The van der Waals surface area contributed by atoms with Crippen LogP contribution in [0.1, 0.15) is 45.1 Å². The fourth-order valence-electron chi connectivity index (χ4n) is 2.95. The molecule has 1 unspecified atom stereocenters. The van der Waals surface area contributed by atoms with Gasteiger partial charge in [0.25, 0.3) is 0 Å². The van der Waals surface area contributed by atoms with E-state index in [1.807, 2.05) is 52.0 Å². The summed E-state index contributed by atoms with van der Waals surface area (Å²) in [6, 6.07) is 7.99. The molecule has 1 aliphatic carbocycles. The van der Waals surface area contributed by atoms with Gasteiger partial charge in [0.05, 0.1) is 5.92 Å². The van der Waals surface area contributed by atoms with Crippen molar-refractivity contribution in [2.45, 2.75) is 46.2 Å². The maximum atomic E-state index is 12.2. The SMILES string of the molecule is CCOC(OCC)c1ccc(CC2C(=O)C2(OCC)OCC)cc1. The smallest absolute Gasteiger partial charge is 0.240 e. The first-order valence-electron chi connectivity index (χ1n) is 8.77. The van der Waals surface area contributed by atoms with Crippen LogP contribution in [0.5, 0.6) is 0 Å². The molecular formula is C19H28O5. The Balaban J connectivity index is 2.02. The summed E-state index contributed by atoms with van der Waals surface area (Å²) in [6.45, 7) is 9.75. The first kappa shape index (κ1) is 19.1. The Bertz CT molecular complexity index is 513. The van der Waals surface area contributed by atoms with Crippen molar-refractivity contribution < 1.29 is 23.7 Å². The minimum Gasteiger partial charge on any atom is -0.349 e. The second-order valence-corrected chi connectivity index (χ2v) is 5.64. The molecule has 1 aromatic carbocycles. The van der Waals surface area contributed by atoms with Crippen LogP contribution in [0.15, 0.2) is 24.3 Å². The first-order chi connectivity index (χ1) is 11.6. The summed E-state index contributed by atoms with van der Waals surface area (Å²) in [5.41, 5.74) is 2.05. The fraction of sp³-hybridized carbons (Fsp3) is 0.632. The summed E-state index contributed by atoms with van der Waals surface area (Å²) >= 11 is 0. The van der Waals surface area contributed by atoms with E-state index in [0.717, 1.165) is 11.1 Å². The number of ether oxygens (including phenoxy) is 4. The molecule has 2 rings (SSSR count). The average Bonchev–Trinajstić information content (AvgIpc) is 3.11. The third-order valence-electron chi connectivity index (χ3n) is 4.08. The highest BCUT2D eigenvalue weighted by atomic mass is 16.7. The van der Waals surface area contributed by atoms with Crippen LogP contribution in [-0.4, -0.2) is 38.0 Å². The van der Waals surface area contributed by atoms with Gasteiger partial charge in [-0.15, -0.1) is 0 Å². The molecule has 0 saturated heterocycles. The molecule has 0 spiro atoms. The van der Waals surface area contributed by atoms with E-state index in [1.165, 1.54) is 0 Å². The zero-order chi connectivity index (χ0) is 17.6. The maximum Gasteiger partial charge on any atom is 0.240 e. The zero-order valence-corrected chi connectivity index (χ0v) is 15.0. The van der Waals surface area contributed by atoms with Gasteiger partial charge in [-0.05, 0) is 39.7 Å². The van der Waals surface area contributed by atoms with E-state index in [-0.39, 0.29) is 18.0 Å². The Kier molecular flexibility index (Phi) is 6.92. The van der Waals surface area contributed by atoms with E-state index in [4.69, 9.17) is 18.9 Å². The number of rotatable bonds is 11. The van der Waals surface area contributed by atoms with Crippen LogP contribution in [0.4, 0.5) is 0 Å². The Morgan fingerprint density at radius 3 is 1.92 bits per heavy atom. The van der Waals surface area contributed by atoms with Crippen molar-refractivity contribution in [1.82, 2.24) is 0 Å². The largest absolute Gasteiger partial charge is 0.349 e. The van der Waals surface area contributed by atoms with Gasteiger partial charge in [-0.2, -0.15) is 0 Å². The van der Waals surface area contributed by atoms with Crippen molar-refractivity contribution in [3.63, 3.8) is 0 Å². The number of ketones is 1. The molecule has 1 aromatic rings. The highest BCUT2D eigenvalue weighted by Gasteiger charge is 2.67. The van der Waals surface area contributed by atoms with Crippen LogP contribution < -0.4 is 0 Å². The number of hydrogen-bond acceptors (Lipinski definition) is 5. The van der Waals surface area contributed by atoms with E-state index < -0.39 is 5.79 Å². The minimum atomic E-state index is -1.03. The molecular weight excluding hydrogens is 308 g/mol. The third kappa shape index (κ3) is 4.03. The molecule has 5 heteroatoms. The Morgan fingerprint density at radius 2 is 1.46 bits per heavy atom. The van der Waals surface area contributed by atoms with Crippen LogP contribution in [0.3, 0.4) is 0 Å². The summed E-state index contributed by atoms with van der Waals surface area (Å²) in [7, 11) is 0. The molecule has 134 valence electrons. The highest BCUT2D eigenvalue weighted by Crippen LogP contribution is 2.45. The average molecular weight is 336 g/mol. The van der Waals surface area contributed by atoms with Crippen LogP contribution in [0.2, 0.25) is 0 Å². The molecule has 0 N–H and O–H groups in total. The van der Waals surface area contributed by atoms with Crippen molar-refractivity contribution in [3.8, 4) is 0 Å². The number of benzene rings is 1. The first-order valence-corrected chi connectivity index (χ1v) is 8.77. The van der Waals surface area contributed by atoms with Gasteiger partial charge in [0.15, 0.2) is 6.29 Å². The van der Waals surface area contributed by atoms with E-state index >= 15 is 0 Å². The topological polar surface area (TPSA) is 54.0 Å². The predicted octanol–water partition coefficient (Wildman–Crippen LogP) is 3.27. The quantitative estimate of drug-likeness (QED) is 0.581. The fourth-order valence-corrected chi connectivity index (χ4v) is 2.95. The predicted molar refractivity (Wildman–Crippen MR) is 90.6 cm³/mol. The van der Waals surface area contributed by atoms with Crippen molar-refractivity contribution in [3.05, 3.63) is 35.4 Å². The van der Waals surface area contributed by atoms with E-state index in [9.17, 15) is 4.79 Å². The monoisotopic (exact) mass is 336 g/mol. The maximum absolute atomic E-state index is 12.2. The number of hydrogen-bond donors (Lipinski definition) is 0. The molecule has 0 amide bonds. The lowest BCUT2D eigenvalue weighted by Crippen LogP contribution is -2.24. The van der Waals surface area contributed by atoms with Crippen molar-refractivity contribution >= 4 is 5.78 Å². The van der Waals surface area contributed by atoms with Crippen LogP contribution in [0, 0.1) is 5.92 Å². The van der Waals surface area contributed by atoms with Gasteiger partial charge in [-0.25, -0.2) is 0 Å². The van der Waals surface area contributed by atoms with Crippen molar-refractivity contribution in [2.75, 3.05) is 26.4 Å². The lowest BCUT2D eigenvalue weighted by Gasteiger charge is -2.18. The molecule has 0 aliphatic heterocycles. The molecule has 24 heavy (non-hydrogen) atoms. The molecule has 5 nitrogen and oxygen atoms in total. The van der Waals surface area contributed by atoms with E-state index in [1.54, 1.807) is 0 Å². The summed E-state index contributed by atoms with van der Waals surface area (Å²) in [4.78, 5) is 12.2. The zero-order valence-electron chi connectivity index (χ0n) is 15.0. The Hall–Kier alpha value is -1.27. The molecule has 1 atom stereocenters. The van der Waals surface area contributed by atoms with Crippen LogP contribution >= 0.6 is 0 Å². The summed E-state index contributed by atoms with van der Waals surface area (Å²) in [6.07, 6.45) is 0.273. The Morgan fingerprint density at radius 1 is 0.917 bits per heavy atom. The normalized spacial score (nSPS) is 19.0. The molecule has 0 radical (unpaired) electrons. The van der Waals surface area contributed by atoms with Crippen molar-refractivity contribution in [2.24, 2.45) is 5.92 Å². The molecule has 0 aromatic heterocycles. The van der Waals surface area contributed by atoms with Gasteiger partial charge in [0.2, 0.25) is 11.6 Å². The molecule has 0 bridgehead atoms. The third-order valence-corrected chi connectivity index (χ3v) is 4.08. The molecule has 1 fully saturated rings. The van der Waals surface area contributed by atoms with E-state index in [2.05, 4.69) is 0 Å². The van der Waals surface area contributed by atoms with Gasteiger partial charge in [0, 0.05) is 32.0 Å². The van der Waals surface area contributed by atoms with Gasteiger partial charge in [-0.3, -0.25) is 4.79 Å². The standard InChI is InChI=1S/C19H28O5/c1-5-21-18(22-6-2)15-11-9-14(10-12-15)13-16-17(20)19(16,23-7-3)24-8-4/h9-12,16,18H,5-8,13H2,1-4H3. The lowest BCUT2D eigenvalue weighted by atomic mass is 10.1. The molecule has 1 saturated carbocycles. The second-order valence-electron chi connectivity index (χ2n) is 5.64. The number of carbonyl (C=O) groups excluding carboxylic acids is 1. The molecule has 1 aliphatic rings. The summed E-state index contributed by atoms with van der Waals surface area (Å²) in [5, 5.41) is 0.